The van der Waals surface area contributed by atoms with Crippen LogP contribution >= 0.6 is 0 Å². The molecule has 0 aliphatic carbocycles. The second kappa shape index (κ2) is 4.44. The molecule has 0 spiro atoms. The van der Waals surface area contributed by atoms with Crippen LogP contribution in [0.25, 0.3) is 0 Å². The summed E-state index contributed by atoms with van der Waals surface area (Å²) < 4.78 is 0. The molecule has 2 N–H and O–H groups in total. The third-order valence-electron chi connectivity index (χ3n) is 2.71. The van der Waals surface area contributed by atoms with Crippen molar-refractivity contribution in [3.8, 4) is 0 Å². The first kappa shape index (κ1) is 10.8. The monoisotopic (exact) mass is 223 g/mol. The van der Waals surface area contributed by atoms with E-state index in [1.54, 1.807) is 0 Å². The van der Waals surface area contributed by atoms with Gasteiger partial charge in [-0.05, 0) is 6.42 Å². The molecule has 0 saturated carbocycles. The molecule has 1 unspecified atom stereocenters. The molecule has 1 aromatic rings. The van der Waals surface area contributed by atoms with Gasteiger partial charge in [-0.15, -0.1) is 0 Å². The Morgan fingerprint density at radius 3 is 2.69 bits per heavy atom. The van der Waals surface area contributed by atoms with E-state index in [2.05, 4.69) is 9.97 Å². The zero-order valence-corrected chi connectivity index (χ0v) is 8.70. The summed E-state index contributed by atoms with van der Waals surface area (Å²) in [6, 6.07) is 0. The molecular formula is C10H13N3O3. The number of carboxylic acids is 1. The van der Waals surface area contributed by atoms with Gasteiger partial charge in [-0.3, -0.25) is 0 Å². The molecule has 6 nitrogen and oxygen atoms in total. The van der Waals surface area contributed by atoms with Crippen LogP contribution in [0.5, 0.6) is 0 Å². The number of carboxylic acid groups (broad SMARTS) is 1. The summed E-state index contributed by atoms with van der Waals surface area (Å²) in [7, 11) is 0. The zero-order chi connectivity index (χ0) is 11.5. The van der Waals surface area contributed by atoms with E-state index in [4.69, 9.17) is 10.2 Å². The molecule has 1 aromatic heterocycles. The van der Waals surface area contributed by atoms with Gasteiger partial charge in [0.25, 0.3) is 0 Å². The van der Waals surface area contributed by atoms with Gasteiger partial charge in [-0.25, -0.2) is 14.8 Å². The summed E-state index contributed by atoms with van der Waals surface area (Å²) in [6.07, 6.45) is 3.52. The summed E-state index contributed by atoms with van der Waals surface area (Å²) in [4.78, 5) is 20.6. The molecule has 0 bridgehead atoms. The maximum atomic E-state index is 10.6. The molecule has 2 rings (SSSR count). The maximum Gasteiger partial charge on any atom is 0.338 e. The lowest BCUT2D eigenvalue weighted by molar-refractivity contribution is 0.0696. The van der Waals surface area contributed by atoms with Crippen molar-refractivity contribution < 1.29 is 15.0 Å². The third kappa shape index (κ3) is 2.11. The Labute approximate surface area is 92.6 Å². The largest absolute Gasteiger partial charge is 0.478 e. The highest BCUT2D eigenvalue weighted by Gasteiger charge is 2.23. The topological polar surface area (TPSA) is 86.5 Å². The molecule has 1 aliphatic heterocycles. The van der Waals surface area contributed by atoms with Crippen LogP contribution in [0.15, 0.2) is 12.4 Å². The van der Waals surface area contributed by atoms with Gasteiger partial charge in [0.05, 0.1) is 5.56 Å². The molecule has 1 atom stereocenters. The predicted molar refractivity (Wildman–Crippen MR) is 56.4 cm³/mol. The number of carbonyl (C=O) groups is 1. The molecule has 0 radical (unpaired) electrons. The van der Waals surface area contributed by atoms with Crippen molar-refractivity contribution in [3.05, 3.63) is 18.0 Å². The van der Waals surface area contributed by atoms with Gasteiger partial charge >= 0.3 is 5.97 Å². The number of aromatic nitrogens is 2. The molecule has 86 valence electrons. The van der Waals surface area contributed by atoms with E-state index in [1.807, 2.05) is 4.90 Å². The Balaban J connectivity index is 2.08. The Hall–Kier alpha value is -1.69. The maximum absolute atomic E-state index is 10.6. The fourth-order valence-electron chi connectivity index (χ4n) is 1.76. The van der Waals surface area contributed by atoms with Gasteiger partial charge in [0.1, 0.15) is 0 Å². The van der Waals surface area contributed by atoms with Crippen LogP contribution in [0.2, 0.25) is 0 Å². The van der Waals surface area contributed by atoms with E-state index >= 15 is 0 Å². The molecule has 6 heteroatoms. The first-order chi connectivity index (χ1) is 7.70. The Morgan fingerprint density at radius 1 is 1.50 bits per heavy atom. The average molecular weight is 223 g/mol. The Bertz CT molecular complexity index is 379. The van der Waals surface area contributed by atoms with Crippen LogP contribution in [0.1, 0.15) is 16.8 Å². The standard InChI is InChI=1S/C10H13N3O3/c14-6-7-1-2-13(5-7)10-11-3-8(4-12-10)9(15)16/h3-4,7,14H,1-2,5-6H2,(H,15,16). The van der Waals surface area contributed by atoms with Crippen LogP contribution in [0.4, 0.5) is 5.95 Å². The molecule has 1 fully saturated rings. The van der Waals surface area contributed by atoms with Crippen LogP contribution in [0, 0.1) is 5.92 Å². The van der Waals surface area contributed by atoms with Crippen LogP contribution in [-0.2, 0) is 0 Å². The average Bonchev–Trinajstić information content (AvgIpc) is 2.77. The summed E-state index contributed by atoms with van der Waals surface area (Å²) in [5.74, 6) is -0.232. The van der Waals surface area contributed by atoms with E-state index < -0.39 is 5.97 Å². The van der Waals surface area contributed by atoms with Gasteiger partial charge in [0, 0.05) is 38.0 Å². The normalized spacial score (nSPS) is 20.1. The van der Waals surface area contributed by atoms with E-state index in [0.717, 1.165) is 19.5 Å². The summed E-state index contributed by atoms with van der Waals surface area (Å²) in [5.41, 5.74) is 0.0849. The first-order valence-corrected chi connectivity index (χ1v) is 5.12. The minimum absolute atomic E-state index is 0.0849. The summed E-state index contributed by atoms with van der Waals surface area (Å²) >= 11 is 0. The van der Waals surface area contributed by atoms with Crippen LogP contribution in [-0.4, -0.2) is 45.8 Å². The summed E-state index contributed by atoms with van der Waals surface area (Å²) in [5, 5.41) is 17.7. The molecule has 1 aliphatic rings. The highest BCUT2D eigenvalue weighted by molar-refractivity contribution is 5.86. The highest BCUT2D eigenvalue weighted by atomic mass is 16.4. The fourth-order valence-corrected chi connectivity index (χ4v) is 1.76. The molecular weight excluding hydrogens is 210 g/mol. The Morgan fingerprint density at radius 2 is 2.19 bits per heavy atom. The van der Waals surface area contributed by atoms with Crippen molar-refractivity contribution in [1.29, 1.82) is 0 Å². The van der Waals surface area contributed by atoms with Crippen molar-refractivity contribution in [3.63, 3.8) is 0 Å². The highest BCUT2D eigenvalue weighted by Crippen LogP contribution is 2.19. The van der Waals surface area contributed by atoms with E-state index in [9.17, 15) is 4.79 Å². The van der Waals surface area contributed by atoms with E-state index in [1.165, 1.54) is 12.4 Å². The second-order valence-electron chi connectivity index (χ2n) is 3.86. The number of nitrogens with zero attached hydrogens (tertiary/aromatic N) is 3. The number of aliphatic hydroxyl groups excluding tert-OH is 1. The van der Waals surface area contributed by atoms with Crippen molar-refractivity contribution in [2.24, 2.45) is 5.92 Å². The lowest BCUT2D eigenvalue weighted by Gasteiger charge is -2.15. The Kier molecular flexibility index (Phi) is 3.00. The number of rotatable bonds is 3. The van der Waals surface area contributed by atoms with Crippen molar-refractivity contribution in [2.45, 2.75) is 6.42 Å². The van der Waals surface area contributed by atoms with Gasteiger partial charge in [0.2, 0.25) is 5.95 Å². The molecule has 0 amide bonds. The number of aromatic carboxylic acids is 1. The molecule has 2 heterocycles. The number of aliphatic hydroxyl groups is 1. The van der Waals surface area contributed by atoms with Crippen LogP contribution in [0.3, 0.4) is 0 Å². The van der Waals surface area contributed by atoms with Crippen molar-refractivity contribution in [2.75, 3.05) is 24.6 Å². The molecule has 0 aromatic carbocycles. The lowest BCUT2D eigenvalue weighted by atomic mass is 10.1. The second-order valence-corrected chi connectivity index (χ2v) is 3.86. The van der Waals surface area contributed by atoms with Gasteiger partial charge < -0.3 is 15.1 Å². The molecule has 1 saturated heterocycles. The van der Waals surface area contributed by atoms with E-state index in [0.29, 0.717) is 5.95 Å². The van der Waals surface area contributed by atoms with Gasteiger partial charge in [-0.2, -0.15) is 0 Å². The van der Waals surface area contributed by atoms with Gasteiger partial charge in [-0.1, -0.05) is 0 Å². The smallest absolute Gasteiger partial charge is 0.338 e. The van der Waals surface area contributed by atoms with Crippen molar-refractivity contribution >= 4 is 11.9 Å². The van der Waals surface area contributed by atoms with Gasteiger partial charge in [0.15, 0.2) is 0 Å². The number of hydrogen-bond acceptors (Lipinski definition) is 5. The first-order valence-electron chi connectivity index (χ1n) is 5.12. The summed E-state index contributed by atoms with van der Waals surface area (Å²) in [6.45, 7) is 1.70. The van der Waals surface area contributed by atoms with E-state index in [-0.39, 0.29) is 18.1 Å². The molecule has 16 heavy (non-hydrogen) atoms. The lowest BCUT2D eigenvalue weighted by Crippen LogP contribution is -2.23. The minimum Gasteiger partial charge on any atom is -0.478 e. The third-order valence-corrected chi connectivity index (χ3v) is 2.71. The zero-order valence-electron chi connectivity index (χ0n) is 8.70. The minimum atomic E-state index is -1.03. The SMILES string of the molecule is O=C(O)c1cnc(N2CCC(CO)C2)nc1. The quantitative estimate of drug-likeness (QED) is 0.749. The predicted octanol–water partition coefficient (Wildman–Crippen LogP) is -0.00660. The number of anilines is 1. The fraction of sp³-hybridized carbons (Fsp3) is 0.500. The van der Waals surface area contributed by atoms with Crippen LogP contribution < -0.4 is 4.90 Å². The van der Waals surface area contributed by atoms with Crippen molar-refractivity contribution in [1.82, 2.24) is 9.97 Å². The number of hydrogen-bond donors (Lipinski definition) is 2.